The molecule has 1 unspecified atom stereocenters. The Bertz CT molecular complexity index is 1240. The van der Waals surface area contributed by atoms with Crippen molar-refractivity contribution in [1.29, 1.82) is 0 Å². The Morgan fingerprint density at radius 1 is 1.06 bits per heavy atom. The number of amides is 1. The molecule has 0 radical (unpaired) electrons. The molecule has 0 bridgehead atoms. The molecular weight excluding hydrogens is 452 g/mol. The maximum absolute atomic E-state index is 13.0. The molecule has 1 aliphatic rings. The predicted molar refractivity (Wildman–Crippen MR) is 131 cm³/mol. The van der Waals surface area contributed by atoms with Crippen LogP contribution in [-0.4, -0.2) is 33.6 Å². The van der Waals surface area contributed by atoms with E-state index in [1.807, 2.05) is 49.4 Å². The molecule has 1 aliphatic heterocycles. The number of anilines is 1. The zero-order chi connectivity index (χ0) is 24.0. The molecule has 1 heterocycles. The van der Waals surface area contributed by atoms with Crippen molar-refractivity contribution in [2.45, 2.75) is 37.3 Å². The van der Waals surface area contributed by atoms with Crippen LogP contribution in [0.15, 0.2) is 77.7 Å². The Morgan fingerprint density at radius 2 is 1.88 bits per heavy atom. The molecule has 7 nitrogen and oxygen atoms in total. The number of hydrogen-bond donors (Lipinski definition) is 2. The van der Waals surface area contributed by atoms with E-state index in [0.717, 1.165) is 30.6 Å². The van der Waals surface area contributed by atoms with Gasteiger partial charge in [0.25, 0.3) is 5.91 Å². The molecule has 8 heteroatoms. The molecule has 0 spiro atoms. The van der Waals surface area contributed by atoms with E-state index in [9.17, 15) is 13.2 Å². The largest absolute Gasteiger partial charge is 0.489 e. The van der Waals surface area contributed by atoms with Crippen molar-refractivity contribution in [3.63, 3.8) is 0 Å². The minimum atomic E-state index is -3.79. The minimum absolute atomic E-state index is 0.0230. The molecule has 1 saturated heterocycles. The third kappa shape index (κ3) is 6.22. The number of carbonyl (C=O) groups excluding carboxylic acids is 1. The van der Waals surface area contributed by atoms with E-state index >= 15 is 0 Å². The summed E-state index contributed by atoms with van der Waals surface area (Å²) < 4.78 is 39.7. The fourth-order valence-corrected chi connectivity index (χ4v) is 4.73. The maximum Gasteiger partial charge on any atom is 0.255 e. The van der Waals surface area contributed by atoms with Gasteiger partial charge in [-0.2, -0.15) is 0 Å². The average molecular weight is 481 g/mol. The number of ether oxygens (including phenoxy) is 2. The van der Waals surface area contributed by atoms with Gasteiger partial charge < -0.3 is 14.8 Å². The number of sulfonamides is 1. The van der Waals surface area contributed by atoms with Gasteiger partial charge >= 0.3 is 0 Å². The van der Waals surface area contributed by atoms with Crippen molar-refractivity contribution >= 4 is 21.6 Å². The molecule has 2 N–H and O–H groups in total. The van der Waals surface area contributed by atoms with Gasteiger partial charge in [-0.05, 0) is 61.2 Å². The Kier molecular flexibility index (Phi) is 7.62. The van der Waals surface area contributed by atoms with E-state index in [0.29, 0.717) is 18.0 Å². The van der Waals surface area contributed by atoms with Gasteiger partial charge in [-0.15, -0.1) is 0 Å². The first-order valence-corrected chi connectivity index (χ1v) is 12.7. The zero-order valence-electron chi connectivity index (χ0n) is 19.0. The molecule has 3 aromatic carbocycles. The van der Waals surface area contributed by atoms with Crippen molar-refractivity contribution in [2.75, 3.05) is 18.5 Å². The van der Waals surface area contributed by atoms with Gasteiger partial charge in [0.15, 0.2) is 0 Å². The highest BCUT2D eigenvalue weighted by Crippen LogP contribution is 2.27. The second kappa shape index (κ2) is 10.8. The first-order chi connectivity index (χ1) is 16.4. The number of aryl methyl sites for hydroxylation is 1. The number of rotatable bonds is 9. The molecule has 1 atom stereocenters. The van der Waals surface area contributed by atoms with Gasteiger partial charge in [0.2, 0.25) is 10.0 Å². The first kappa shape index (κ1) is 23.9. The highest BCUT2D eigenvalue weighted by molar-refractivity contribution is 7.89. The van der Waals surface area contributed by atoms with Gasteiger partial charge in [-0.3, -0.25) is 4.79 Å². The second-order valence-corrected chi connectivity index (χ2v) is 10.0. The van der Waals surface area contributed by atoms with Gasteiger partial charge in [-0.1, -0.05) is 42.5 Å². The topological polar surface area (TPSA) is 93.7 Å². The molecule has 1 fully saturated rings. The molecule has 34 heavy (non-hydrogen) atoms. The lowest BCUT2D eigenvalue weighted by molar-refractivity contribution is 0.0681. The van der Waals surface area contributed by atoms with Crippen LogP contribution in [0.3, 0.4) is 0 Å². The normalized spacial score (nSPS) is 15.7. The summed E-state index contributed by atoms with van der Waals surface area (Å²) in [6.07, 6.45) is 2.02. The summed E-state index contributed by atoms with van der Waals surface area (Å²) in [7, 11) is -3.79. The Balaban J connectivity index is 1.46. The summed E-state index contributed by atoms with van der Waals surface area (Å²) in [6, 6.07) is 20.7. The van der Waals surface area contributed by atoms with Crippen LogP contribution in [0.25, 0.3) is 0 Å². The van der Waals surface area contributed by atoms with Gasteiger partial charge in [0.1, 0.15) is 12.4 Å². The summed E-state index contributed by atoms with van der Waals surface area (Å²) in [5.41, 5.74) is 2.59. The van der Waals surface area contributed by atoms with Crippen LogP contribution in [-0.2, 0) is 21.3 Å². The number of nitrogens with one attached hydrogen (secondary N) is 2. The summed E-state index contributed by atoms with van der Waals surface area (Å²) in [5, 5.41) is 2.85. The first-order valence-electron chi connectivity index (χ1n) is 11.2. The number of benzene rings is 3. The van der Waals surface area contributed by atoms with Crippen LogP contribution < -0.4 is 14.8 Å². The summed E-state index contributed by atoms with van der Waals surface area (Å²) in [6.45, 7) is 3.26. The third-order valence-electron chi connectivity index (χ3n) is 5.55. The van der Waals surface area contributed by atoms with Crippen LogP contribution in [0.4, 0.5) is 5.69 Å². The summed E-state index contributed by atoms with van der Waals surface area (Å²) in [5.74, 6) is 0.128. The van der Waals surface area contributed by atoms with Crippen LogP contribution in [0.1, 0.15) is 34.3 Å². The molecule has 4 rings (SSSR count). The third-order valence-corrected chi connectivity index (χ3v) is 6.95. The Hall–Kier alpha value is -3.20. The van der Waals surface area contributed by atoms with E-state index in [2.05, 4.69) is 10.0 Å². The SMILES string of the molecule is Cc1ccc(NC(=O)c2cccc(S(=O)(=O)NCc3ccccc3)c2)c(OCC2CCCO2)c1. The smallest absolute Gasteiger partial charge is 0.255 e. The zero-order valence-corrected chi connectivity index (χ0v) is 19.8. The molecule has 0 aliphatic carbocycles. The predicted octanol–water partition coefficient (Wildman–Crippen LogP) is 4.28. The summed E-state index contributed by atoms with van der Waals surface area (Å²) >= 11 is 0. The van der Waals surface area contributed by atoms with Crippen LogP contribution in [0.2, 0.25) is 0 Å². The van der Waals surface area contributed by atoms with Gasteiger partial charge in [-0.25, -0.2) is 13.1 Å². The average Bonchev–Trinajstić information content (AvgIpc) is 3.37. The number of hydrogen-bond acceptors (Lipinski definition) is 5. The fourth-order valence-electron chi connectivity index (χ4n) is 3.67. The lowest BCUT2D eigenvalue weighted by Crippen LogP contribution is -2.23. The van der Waals surface area contributed by atoms with Crippen LogP contribution >= 0.6 is 0 Å². The molecule has 178 valence electrons. The van der Waals surface area contributed by atoms with E-state index in [4.69, 9.17) is 9.47 Å². The quantitative estimate of drug-likeness (QED) is 0.477. The molecular formula is C26H28N2O5S. The van der Waals surface area contributed by atoms with E-state index in [1.54, 1.807) is 18.2 Å². The lowest BCUT2D eigenvalue weighted by atomic mass is 10.1. The highest BCUT2D eigenvalue weighted by atomic mass is 32.2. The van der Waals surface area contributed by atoms with E-state index in [-0.39, 0.29) is 23.1 Å². The molecule has 0 aromatic heterocycles. The standard InChI is InChI=1S/C26H28N2O5S/c1-19-12-13-24(25(15-19)33-18-22-10-6-14-32-22)28-26(29)21-9-5-11-23(16-21)34(30,31)27-17-20-7-3-2-4-8-20/h2-5,7-9,11-13,15-16,22,27H,6,10,14,17-18H2,1H3,(H,28,29). The van der Waals surface area contributed by atoms with Crippen LogP contribution in [0, 0.1) is 6.92 Å². The maximum atomic E-state index is 13.0. The minimum Gasteiger partial charge on any atom is -0.489 e. The van der Waals surface area contributed by atoms with Crippen molar-refractivity contribution < 1.29 is 22.7 Å². The van der Waals surface area contributed by atoms with Gasteiger partial charge in [0, 0.05) is 18.7 Å². The lowest BCUT2D eigenvalue weighted by Gasteiger charge is -2.16. The Labute approximate surface area is 200 Å². The second-order valence-electron chi connectivity index (χ2n) is 8.24. The van der Waals surface area contributed by atoms with Crippen LogP contribution in [0.5, 0.6) is 5.75 Å². The van der Waals surface area contributed by atoms with Crippen molar-refractivity contribution in [3.05, 3.63) is 89.5 Å². The summed E-state index contributed by atoms with van der Waals surface area (Å²) in [4.78, 5) is 13.0. The molecule has 3 aromatic rings. The molecule has 0 saturated carbocycles. The highest BCUT2D eigenvalue weighted by Gasteiger charge is 2.19. The van der Waals surface area contributed by atoms with E-state index in [1.165, 1.54) is 12.1 Å². The number of carbonyl (C=O) groups is 1. The Morgan fingerprint density at radius 3 is 2.65 bits per heavy atom. The van der Waals surface area contributed by atoms with Crippen molar-refractivity contribution in [1.82, 2.24) is 4.72 Å². The fraction of sp³-hybridized carbons (Fsp3) is 0.269. The monoisotopic (exact) mass is 480 g/mol. The van der Waals surface area contributed by atoms with Crippen molar-refractivity contribution in [2.24, 2.45) is 0 Å². The van der Waals surface area contributed by atoms with Gasteiger partial charge in [0.05, 0.1) is 16.7 Å². The molecule has 1 amide bonds. The van der Waals surface area contributed by atoms with Crippen molar-refractivity contribution in [3.8, 4) is 5.75 Å². The van der Waals surface area contributed by atoms with E-state index < -0.39 is 15.9 Å².